The zero-order valence-corrected chi connectivity index (χ0v) is 9.64. The molecule has 0 amide bonds. The predicted octanol–water partition coefficient (Wildman–Crippen LogP) is 2.92. The maximum Gasteiger partial charge on any atom is 0.184 e. The second-order valence-corrected chi connectivity index (χ2v) is 4.97. The molecule has 0 saturated carbocycles. The highest BCUT2D eigenvalue weighted by atomic mass is 35.5. The maximum absolute atomic E-state index is 5.80. The number of rotatable bonds is 1. The van der Waals surface area contributed by atoms with E-state index in [-0.39, 0.29) is 0 Å². The lowest BCUT2D eigenvalue weighted by atomic mass is 10.2. The molecule has 0 radical (unpaired) electrons. The van der Waals surface area contributed by atoms with Gasteiger partial charge in [0.25, 0.3) is 0 Å². The van der Waals surface area contributed by atoms with Crippen LogP contribution in [-0.2, 0) is 0 Å². The molecule has 0 aliphatic rings. The first-order valence-electron chi connectivity index (χ1n) is 4.59. The van der Waals surface area contributed by atoms with Crippen LogP contribution in [0.4, 0.5) is 5.69 Å². The lowest BCUT2D eigenvalue weighted by Crippen LogP contribution is -1.82. The van der Waals surface area contributed by atoms with Gasteiger partial charge in [-0.05, 0) is 18.2 Å². The monoisotopic (exact) mass is 250 g/mol. The van der Waals surface area contributed by atoms with Gasteiger partial charge in [0.1, 0.15) is 5.69 Å². The zero-order valence-electron chi connectivity index (χ0n) is 8.07. The number of thiazole rings is 1. The van der Waals surface area contributed by atoms with Gasteiger partial charge in [0.15, 0.2) is 4.47 Å². The molecule has 1 aromatic carbocycles. The number of halogens is 1. The topological polar surface area (TPSA) is 67.6 Å². The summed E-state index contributed by atoms with van der Waals surface area (Å²) < 4.78 is 0.509. The summed E-state index contributed by atoms with van der Waals surface area (Å²) in [6.07, 6.45) is 1.71. The van der Waals surface area contributed by atoms with Crippen LogP contribution in [0.5, 0.6) is 0 Å². The molecule has 0 atom stereocenters. The standard InChI is InChI=1S/C10H7ClN4S/c11-10-13-4-8(16-10)9-6-3-5(12)1-2-7(6)14-15-9/h1-4H,12H2,(H,14,15). The molecule has 3 N–H and O–H groups in total. The Balaban J connectivity index is 2.27. The lowest BCUT2D eigenvalue weighted by molar-refractivity contribution is 1.13. The predicted molar refractivity (Wildman–Crippen MR) is 66.6 cm³/mol. The van der Waals surface area contributed by atoms with Gasteiger partial charge < -0.3 is 5.73 Å². The molecule has 4 nitrogen and oxygen atoms in total. The number of benzene rings is 1. The Labute approximate surface area is 100 Å². The second-order valence-electron chi connectivity index (χ2n) is 3.35. The van der Waals surface area contributed by atoms with Crippen molar-refractivity contribution < 1.29 is 0 Å². The van der Waals surface area contributed by atoms with Crippen LogP contribution in [0.2, 0.25) is 4.47 Å². The summed E-state index contributed by atoms with van der Waals surface area (Å²) in [6.45, 7) is 0. The Morgan fingerprint density at radius 3 is 3.00 bits per heavy atom. The van der Waals surface area contributed by atoms with Crippen LogP contribution in [-0.4, -0.2) is 15.2 Å². The number of nitrogens with zero attached hydrogens (tertiary/aromatic N) is 2. The molecule has 0 fully saturated rings. The van der Waals surface area contributed by atoms with Crippen molar-refractivity contribution >= 4 is 39.5 Å². The summed E-state index contributed by atoms with van der Waals surface area (Å²) in [5.74, 6) is 0. The van der Waals surface area contributed by atoms with Gasteiger partial charge >= 0.3 is 0 Å². The number of hydrogen-bond donors (Lipinski definition) is 2. The van der Waals surface area contributed by atoms with E-state index in [9.17, 15) is 0 Å². The highest BCUT2D eigenvalue weighted by Crippen LogP contribution is 2.32. The molecular weight excluding hydrogens is 244 g/mol. The van der Waals surface area contributed by atoms with Gasteiger partial charge in [0, 0.05) is 17.3 Å². The van der Waals surface area contributed by atoms with Crippen LogP contribution in [0, 0.1) is 0 Å². The Kier molecular flexibility index (Phi) is 2.08. The third-order valence-corrected chi connectivity index (χ3v) is 3.42. The Hall–Kier alpha value is -1.59. The van der Waals surface area contributed by atoms with E-state index >= 15 is 0 Å². The summed E-state index contributed by atoms with van der Waals surface area (Å²) in [6, 6.07) is 5.63. The fourth-order valence-corrected chi connectivity index (χ4v) is 2.52. The number of H-pyrrole nitrogens is 1. The van der Waals surface area contributed by atoms with Crippen molar-refractivity contribution in [3.8, 4) is 10.6 Å². The van der Waals surface area contributed by atoms with Crippen molar-refractivity contribution in [3.05, 3.63) is 28.9 Å². The van der Waals surface area contributed by atoms with Gasteiger partial charge in [-0.3, -0.25) is 5.10 Å². The third kappa shape index (κ3) is 1.45. The van der Waals surface area contributed by atoms with Crippen LogP contribution in [0.15, 0.2) is 24.4 Å². The molecular formula is C10H7ClN4S. The molecule has 0 saturated heterocycles. The zero-order chi connectivity index (χ0) is 11.1. The van der Waals surface area contributed by atoms with Gasteiger partial charge in [0.2, 0.25) is 0 Å². The molecule has 0 bridgehead atoms. The van der Waals surface area contributed by atoms with E-state index in [4.69, 9.17) is 17.3 Å². The fraction of sp³-hybridized carbons (Fsp3) is 0. The number of nitrogens with one attached hydrogen (secondary N) is 1. The minimum absolute atomic E-state index is 0.509. The van der Waals surface area contributed by atoms with Gasteiger partial charge in [-0.1, -0.05) is 11.6 Å². The van der Waals surface area contributed by atoms with Gasteiger partial charge in [-0.25, -0.2) is 4.98 Å². The number of aromatic amines is 1. The van der Waals surface area contributed by atoms with E-state index in [1.165, 1.54) is 11.3 Å². The molecule has 80 valence electrons. The number of fused-ring (bicyclic) bond motifs is 1. The molecule has 3 rings (SSSR count). The van der Waals surface area contributed by atoms with Crippen molar-refractivity contribution in [1.82, 2.24) is 15.2 Å². The van der Waals surface area contributed by atoms with Crippen LogP contribution in [0.1, 0.15) is 0 Å². The highest BCUT2D eigenvalue weighted by Gasteiger charge is 2.11. The molecule has 0 spiro atoms. The lowest BCUT2D eigenvalue weighted by Gasteiger charge is -1.94. The number of anilines is 1. The number of nitrogen functional groups attached to an aromatic ring is 1. The molecule has 6 heteroatoms. The molecule has 0 unspecified atom stereocenters. The molecule has 0 aliphatic carbocycles. The summed E-state index contributed by atoms with van der Waals surface area (Å²) >= 11 is 7.20. The maximum atomic E-state index is 5.80. The van der Waals surface area contributed by atoms with E-state index in [0.717, 1.165) is 21.5 Å². The van der Waals surface area contributed by atoms with Crippen molar-refractivity contribution in [2.45, 2.75) is 0 Å². The minimum atomic E-state index is 0.509. The first-order valence-corrected chi connectivity index (χ1v) is 5.79. The van der Waals surface area contributed by atoms with Crippen molar-refractivity contribution in [3.63, 3.8) is 0 Å². The second kappa shape index (κ2) is 3.47. The molecule has 3 aromatic rings. The molecule has 0 aliphatic heterocycles. The summed E-state index contributed by atoms with van der Waals surface area (Å²) in [5, 5.41) is 8.19. The quantitative estimate of drug-likeness (QED) is 0.653. The fourth-order valence-electron chi connectivity index (χ4n) is 1.58. The molecule has 2 aromatic heterocycles. The smallest absolute Gasteiger partial charge is 0.184 e. The van der Waals surface area contributed by atoms with E-state index < -0.39 is 0 Å². The van der Waals surface area contributed by atoms with Crippen LogP contribution in [0.3, 0.4) is 0 Å². The summed E-state index contributed by atoms with van der Waals surface area (Å²) in [5.41, 5.74) is 8.26. The Bertz CT molecular complexity index is 658. The largest absolute Gasteiger partial charge is 0.399 e. The SMILES string of the molecule is Nc1ccc2[nH]nc(-c3cnc(Cl)s3)c2c1. The average Bonchev–Trinajstić information content (AvgIpc) is 2.83. The molecule has 16 heavy (non-hydrogen) atoms. The number of aromatic nitrogens is 3. The Morgan fingerprint density at radius 2 is 2.25 bits per heavy atom. The van der Waals surface area contributed by atoms with Gasteiger partial charge in [-0.2, -0.15) is 5.10 Å². The summed E-state index contributed by atoms with van der Waals surface area (Å²) in [7, 11) is 0. The van der Waals surface area contributed by atoms with E-state index in [1.54, 1.807) is 6.20 Å². The molecule has 2 heterocycles. The Morgan fingerprint density at radius 1 is 1.38 bits per heavy atom. The van der Waals surface area contributed by atoms with Crippen molar-refractivity contribution in [1.29, 1.82) is 0 Å². The van der Waals surface area contributed by atoms with Crippen molar-refractivity contribution in [2.24, 2.45) is 0 Å². The van der Waals surface area contributed by atoms with Crippen LogP contribution in [0.25, 0.3) is 21.5 Å². The average molecular weight is 251 g/mol. The number of nitrogens with two attached hydrogens (primary N) is 1. The van der Waals surface area contributed by atoms with Crippen LogP contribution < -0.4 is 5.73 Å². The van der Waals surface area contributed by atoms with Gasteiger partial charge in [0.05, 0.1) is 10.4 Å². The van der Waals surface area contributed by atoms with Crippen LogP contribution >= 0.6 is 22.9 Å². The van der Waals surface area contributed by atoms with Gasteiger partial charge in [-0.15, -0.1) is 11.3 Å². The first-order chi connectivity index (χ1) is 7.74. The van der Waals surface area contributed by atoms with Crippen molar-refractivity contribution in [2.75, 3.05) is 5.73 Å². The van der Waals surface area contributed by atoms with E-state index in [2.05, 4.69) is 15.2 Å². The third-order valence-electron chi connectivity index (χ3n) is 2.30. The highest BCUT2D eigenvalue weighted by molar-refractivity contribution is 7.18. The minimum Gasteiger partial charge on any atom is -0.399 e. The number of hydrogen-bond acceptors (Lipinski definition) is 4. The van der Waals surface area contributed by atoms with E-state index in [1.807, 2.05) is 18.2 Å². The first kappa shape index (κ1) is 9.62. The normalized spacial score (nSPS) is 11.1. The van der Waals surface area contributed by atoms with E-state index in [0.29, 0.717) is 10.2 Å². The summed E-state index contributed by atoms with van der Waals surface area (Å²) in [4.78, 5) is 4.93.